The summed E-state index contributed by atoms with van der Waals surface area (Å²) in [5.74, 6) is 0. The second-order valence-corrected chi connectivity index (χ2v) is 3.23. The van der Waals surface area contributed by atoms with Gasteiger partial charge in [-0.25, -0.2) is 0 Å². The molecule has 1 aliphatic heterocycles. The van der Waals surface area contributed by atoms with Gasteiger partial charge in [-0.15, -0.1) is 24.8 Å². The number of nitrogens with one attached hydrogen (secondary N) is 1. The lowest BCUT2D eigenvalue weighted by molar-refractivity contribution is 0.150. The van der Waals surface area contributed by atoms with Gasteiger partial charge in [0.2, 0.25) is 0 Å². The first-order valence-electron chi connectivity index (χ1n) is 4.40. The Labute approximate surface area is 92.7 Å². The summed E-state index contributed by atoms with van der Waals surface area (Å²) in [6.07, 6.45) is 0.755. The van der Waals surface area contributed by atoms with Gasteiger partial charge < -0.3 is 15.3 Å². The van der Waals surface area contributed by atoms with Crippen molar-refractivity contribution in [2.45, 2.75) is 19.4 Å². The lowest BCUT2D eigenvalue weighted by atomic mass is 10.2. The molecule has 0 amide bonds. The summed E-state index contributed by atoms with van der Waals surface area (Å²) in [6, 6.07) is 0. The number of aliphatic hydroxyl groups excluding tert-OH is 1. The Morgan fingerprint density at radius 1 is 1.31 bits per heavy atom. The highest BCUT2D eigenvalue weighted by Crippen LogP contribution is 1.96. The van der Waals surface area contributed by atoms with Gasteiger partial charge >= 0.3 is 0 Å². The molecule has 0 aromatic rings. The maximum absolute atomic E-state index is 9.04. The summed E-state index contributed by atoms with van der Waals surface area (Å²) in [4.78, 5) is 2.39. The van der Waals surface area contributed by atoms with Crippen LogP contribution in [0.5, 0.6) is 0 Å². The summed E-state index contributed by atoms with van der Waals surface area (Å²) in [6.45, 7) is 7.35. The van der Waals surface area contributed by atoms with E-state index in [1.165, 1.54) is 0 Å². The van der Waals surface area contributed by atoms with E-state index in [4.69, 9.17) is 5.11 Å². The third-order valence-electron chi connectivity index (χ3n) is 2.07. The van der Waals surface area contributed by atoms with E-state index >= 15 is 0 Å². The van der Waals surface area contributed by atoms with Gasteiger partial charge in [0, 0.05) is 32.7 Å². The lowest BCUT2D eigenvalue weighted by Gasteiger charge is -2.27. The Hall–Kier alpha value is 0.460. The molecular weight excluding hydrogens is 211 g/mol. The standard InChI is InChI=1S/C8H18N2O.2ClH/c1-8(11)2-5-10-6-3-9-4-7-10;;/h8-9,11H,2-7H2,1H3;2*1H. The van der Waals surface area contributed by atoms with Crippen LogP contribution < -0.4 is 5.32 Å². The SMILES string of the molecule is CC(O)CCN1CCNCC1.Cl.Cl. The molecule has 13 heavy (non-hydrogen) atoms. The highest BCUT2D eigenvalue weighted by atomic mass is 35.5. The van der Waals surface area contributed by atoms with Crippen LogP contribution in [0.25, 0.3) is 0 Å². The third-order valence-corrected chi connectivity index (χ3v) is 2.07. The summed E-state index contributed by atoms with van der Waals surface area (Å²) in [7, 11) is 0. The molecule has 1 heterocycles. The van der Waals surface area contributed by atoms with Gasteiger partial charge in [0.05, 0.1) is 6.10 Å². The Bertz CT molecular complexity index is 108. The van der Waals surface area contributed by atoms with Crippen LogP contribution in [0, 0.1) is 0 Å². The van der Waals surface area contributed by atoms with Crippen molar-refractivity contribution < 1.29 is 5.11 Å². The van der Waals surface area contributed by atoms with Crippen LogP contribution in [0.2, 0.25) is 0 Å². The fourth-order valence-electron chi connectivity index (χ4n) is 1.30. The molecule has 1 saturated heterocycles. The van der Waals surface area contributed by atoms with Gasteiger partial charge in [0.15, 0.2) is 0 Å². The van der Waals surface area contributed by atoms with E-state index in [1.807, 2.05) is 6.92 Å². The minimum absolute atomic E-state index is 0. The fraction of sp³-hybridized carbons (Fsp3) is 1.00. The predicted octanol–water partition coefficient (Wildman–Crippen LogP) is 0.506. The first kappa shape index (κ1) is 15.9. The molecule has 1 aliphatic rings. The molecule has 0 aliphatic carbocycles. The number of piperazine rings is 1. The second-order valence-electron chi connectivity index (χ2n) is 3.23. The molecule has 0 radical (unpaired) electrons. The van der Waals surface area contributed by atoms with E-state index in [2.05, 4.69) is 10.2 Å². The van der Waals surface area contributed by atoms with Crippen molar-refractivity contribution in [1.29, 1.82) is 0 Å². The van der Waals surface area contributed by atoms with E-state index in [1.54, 1.807) is 0 Å². The minimum Gasteiger partial charge on any atom is -0.393 e. The van der Waals surface area contributed by atoms with Gasteiger partial charge in [0.1, 0.15) is 0 Å². The molecule has 3 nitrogen and oxygen atoms in total. The van der Waals surface area contributed by atoms with Crippen molar-refractivity contribution in [1.82, 2.24) is 10.2 Å². The van der Waals surface area contributed by atoms with Crippen molar-refractivity contribution in [2.75, 3.05) is 32.7 Å². The van der Waals surface area contributed by atoms with Gasteiger partial charge in [-0.2, -0.15) is 0 Å². The molecular formula is C8H20Cl2N2O. The number of hydrogen-bond donors (Lipinski definition) is 2. The normalized spacial score (nSPS) is 19.8. The summed E-state index contributed by atoms with van der Waals surface area (Å²) in [5.41, 5.74) is 0. The van der Waals surface area contributed by atoms with Crippen molar-refractivity contribution in [2.24, 2.45) is 0 Å². The molecule has 1 unspecified atom stereocenters. The first-order chi connectivity index (χ1) is 5.29. The van der Waals surface area contributed by atoms with Crippen LogP contribution in [0.4, 0.5) is 0 Å². The molecule has 82 valence electrons. The fourth-order valence-corrected chi connectivity index (χ4v) is 1.30. The number of rotatable bonds is 3. The molecule has 1 atom stereocenters. The molecule has 1 rings (SSSR count). The first-order valence-corrected chi connectivity index (χ1v) is 4.40. The average molecular weight is 231 g/mol. The van der Waals surface area contributed by atoms with E-state index in [-0.39, 0.29) is 30.9 Å². The largest absolute Gasteiger partial charge is 0.393 e. The molecule has 1 fully saturated rings. The molecule has 5 heteroatoms. The Morgan fingerprint density at radius 2 is 1.85 bits per heavy atom. The zero-order valence-electron chi connectivity index (χ0n) is 8.03. The molecule has 0 aromatic heterocycles. The molecule has 0 aromatic carbocycles. The highest BCUT2D eigenvalue weighted by molar-refractivity contribution is 5.85. The molecule has 0 spiro atoms. The maximum Gasteiger partial charge on any atom is 0.0524 e. The van der Waals surface area contributed by atoms with Gasteiger partial charge in [-0.3, -0.25) is 0 Å². The van der Waals surface area contributed by atoms with Crippen LogP contribution in [0.1, 0.15) is 13.3 Å². The van der Waals surface area contributed by atoms with Crippen LogP contribution in [0.3, 0.4) is 0 Å². The van der Waals surface area contributed by atoms with Crippen LogP contribution in [-0.2, 0) is 0 Å². The maximum atomic E-state index is 9.04. The zero-order chi connectivity index (χ0) is 8.10. The Balaban J connectivity index is 0. The van der Waals surface area contributed by atoms with E-state index in [0.29, 0.717) is 0 Å². The van der Waals surface area contributed by atoms with Crippen molar-refractivity contribution in [3.8, 4) is 0 Å². The molecule has 0 bridgehead atoms. The Morgan fingerprint density at radius 3 is 2.31 bits per heavy atom. The third kappa shape index (κ3) is 7.52. The highest BCUT2D eigenvalue weighted by Gasteiger charge is 2.09. The number of hydrogen-bond acceptors (Lipinski definition) is 3. The lowest BCUT2D eigenvalue weighted by Crippen LogP contribution is -2.44. The van der Waals surface area contributed by atoms with E-state index in [9.17, 15) is 0 Å². The average Bonchev–Trinajstić information content (AvgIpc) is 2.03. The predicted molar refractivity (Wildman–Crippen MR) is 60.1 cm³/mol. The number of halogens is 2. The molecule has 0 saturated carbocycles. The van der Waals surface area contributed by atoms with E-state index < -0.39 is 0 Å². The monoisotopic (exact) mass is 230 g/mol. The summed E-state index contributed by atoms with van der Waals surface area (Å²) in [5, 5.41) is 12.3. The Kier molecular flexibility index (Phi) is 11.1. The number of aliphatic hydroxyl groups is 1. The molecule has 2 N–H and O–H groups in total. The van der Waals surface area contributed by atoms with Crippen LogP contribution in [0.15, 0.2) is 0 Å². The summed E-state index contributed by atoms with van der Waals surface area (Å²) >= 11 is 0. The summed E-state index contributed by atoms with van der Waals surface area (Å²) < 4.78 is 0. The van der Waals surface area contributed by atoms with Gasteiger partial charge in [-0.05, 0) is 13.3 Å². The minimum atomic E-state index is -0.148. The topological polar surface area (TPSA) is 35.5 Å². The quantitative estimate of drug-likeness (QED) is 0.742. The van der Waals surface area contributed by atoms with Crippen molar-refractivity contribution in [3.63, 3.8) is 0 Å². The number of nitrogens with zero attached hydrogens (tertiary/aromatic N) is 1. The van der Waals surface area contributed by atoms with E-state index in [0.717, 1.165) is 39.1 Å². The smallest absolute Gasteiger partial charge is 0.0524 e. The van der Waals surface area contributed by atoms with Crippen molar-refractivity contribution in [3.05, 3.63) is 0 Å². The van der Waals surface area contributed by atoms with Gasteiger partial charge in [-0.1, -0.05) is 0 Å². The van der Waals surface area contributed by atoms with Crippen LogP contribution in [-0.4, -0.2) is 48.8 Å². The van der Waals surface area contributed by atoms with Gasteiger partial charge in [0.25, 0.3) is 0 Å². The van der Waals surface area contributed by atoms with Crippen molar-refractivity contribution >= 4 is 24.8 Å². The second kappa shape index (κ2) is 9.03. The zero-order valence-corrected chi connectivity index (χ0v) is 9.66. The van der Waals surface area contributed by atoms with Crippen LogP contribution >= 0.6 is 24.8 Å².